The number of halogens is 2. The van der Waals surface area contributed by atoms with Crippen LogP contribution in [0.5, 0.6) is 0 Å². The molecular formula is C19H32Cl2NOSiZr. The molecule has 3 unspecified atom stereocenters. The quantitative estimate of drug-likeness (QED) is 0.382. The van der Waals surface area contributed by atoms with Crippen molar-refractivity contribution < 1.29 is 55.8 Å². The molecule has 2 saturated carbocycles. The minimum absolute atomic E-state index is 0. The van der Waals surface area contributed by atoms with Crippen LogP contribution in [0, 0.1) is 45.4 Å². The fourth-order valence-corrected chi connectivity index (χ4v) is 3.70. The first-order chi connectivity index (χ1) is 10.3. The minimum Gasteiger partial charge on any atom is -1.00 e. The summed E-state index contributed by atoms with van der Waals surface area (Å²) in [5.41, 5.74) is 12.7. The van der Waals surface area contributed by atoms with E-state index < -0.39 is 0 Å². The van der Waals surface area contributed by atoms with Crippen LogP contribution in [-0.2, 0) is 31.0 Å². The fourth-order valence-electron chi connectivity index (χ4n) is 3.70. The molecule has 0 heterocycles. The molecular weight excluding hydrogens is 448 g/mol. The SMILES string of the molecule is C[SiH]C.Cc1c[c-](C)c(C)c1C.[Cl-].[Cl-].[NH-]C(=O)C1CC2CCC1C2.[Zr+4]. The van der Waals surface area contributed by atoms with Crippen LogP contribution in [0.1, 0.15) is 47.9 Å². The summed E-state index contributed by atoms with van der Waals surface area (Å²) in [4.78, 5) is 10.7. The molecule has 0 saturated heterocycles. The molecule has 2 aliphatic rings. The Hall–Kier alpha value is 0.500. The maximum absolute atomic E-state index is 10.7. The van der Waals surface area contributed by atoms with E-state index in [2.05, 4.69) is 46.9 Å². The molecule has 25 heavy (non-hydrogen) atoms. The largest absolute Gasteiger partial charge is 4.00 e. The van der Waals surface area contributed by atoms with Gasteiger partial charge in [-0.3, -0.25) is 0 Å². The third-order valence-corrected chi connectivity index (χ3v) is 5.25. The van der Waals surface area contributed by atoms with Gasteiger partial charge in [-0.1, -0.05) is 47.2 Å². The Morgan fingerprint density at radius 3 is 1.84 bits per heavy atom. The van der Waals surface area contributed by atoms with Crippen LogP contribution >= 0.6 is 0 Å². The number of hydrogen-bond acceptors (Lipinski definition) is 1. The van der Waals surface area contributed by atoms with Crippen LogP contribution in [0.2, 0.25) is 13.1 Å². The Bertz CT molecular complexity index is 485. The molecule has 1 N–H and O–H groups in total. The number of nitrogens with one attached hydrogen (secondary N) is 1. The number of carbonyl (C=O) groups excluding carboxylic acids is 1. The van der Waals surface area contributed by atoms with Gasteiger partial charge in [0.2, 0.25) is 0 Å². The Balaban J connectivity index is -0.000000305. The fraction of sp³-hybridized carbons (Fsp3) is 0.684. The number of carbonyl (C=O) groups is 1. The van der Waals surface area contributed by atoms with Crippen molar-refractivity contribution in [2.45, 2.75) is 66.5 Å². The summed E-state index contributed by atoms with van der Waals surface area (Å²) in [6, 6.07) is 2.24. The standard InChI is InChI=1S/C9H13.C8H13NO.C2H7Si.2ClH.Zr/c1-6-5-7(2)9(4)8(6)3;9-8(10)7-4-5-1-2-6(7)3-5;1-3-2;;;/h5H,1-4H3;5-7H,1-4H2,(H2,9,10);3H,1-2H3;2*1H;/q-1;;;;;+4/p-3. The number of amides is 1. The third-order valence-electron chi connectivity index (χ3n) is 5.25. The van der Waals surface area contributed by atoms with Gasteiger partial charge in [0.25, 0.3) is 0 Å². The molecule has 1 aromatic carbocycles. The zero-order chi connectivity index (χ0) is 16.9. The van der Waals surface area contributed by atoms with E-state index >= 15 is 0 Å². The van der Waals surface area contributed by atoms with Crippen LogP contribution in [-0.4, -0.2) is 15.4 Å². The van der Waals surface area contributed by atoms with Crippen molar-refractivity contribution in [2.75, 3.05) is 0 Å². The zero-order valence-corrected chi connectivity index (χ0v) is 21.5. The smallest absolute Gasteiger partial charge is 1.00 e. The van der Waals surface area contributed by atoms with Gasteiger partial charge in [-0.2, -0.15) is 28.3 Å². The second-order valence-electron chi connectivity index (χ2n) is 6.98. The van der Waals surface area contributed by atoms with E-state index in [1.165, 1.54) is 41.5 Å². The molecule has 3 atom stereocenters. The van der Waals surface area contributed by atoms with E-state index in [1.54, 1.807) is 0 Å². The van der Waals surface area contributed by atoms with Crippen molar-refractivity contribution in [3.05, 3.63) is 34.1 Å². The maximum Gasteiger partial charge on any atom is 4.00 e. The van der Waals surface area contributed by atoms with Crippen LogP contribution in [0.3, 0.4) is 0 Å². The molecule has 3 rings (SSSR count). The maximum atomic E-state index is 10.7. The van der Waals surface area contributed by atoms with Gasteiger partial charge < -0.3 is 35.3 Å². The summed E-state index contributed by atoms with van der Waals surface area (Å²) in [5.74, 6) is 1.20. The molecule has 2 aliphatic carbocycles. The first kappa shape index (κ1) is 30.2. The molecule has 1 amide bonds. The monoisotopic (exact) mass is 478 g/mol. The van der Waals surface area contributed by atoms with Crippen molar-refractivity contribution >= 4 is 15.4 Å². The summed E-state index contributed by atoms with van der Waals surface area (Å²) in [6.45, 7) is 13.1. The average Bonchev–Trinajstić information content (AvgIpc) is 3.14. The minimum atomic E-state index is -0.313. The first-order valence-electron chi connectivity index (χ1n) is 8.51. The molecule has 0 spiro atoms. The summed E-state index contributed by atoms with van der Waals surface area (Å²) in [5, 5.41) is 0. The van der Waals surface area contributed by atoms with Gasteiger partial charge in [0.1, 0.15) is 0 Å². The van der Waals surface area contributed by atoms with Crippen molar-refractivity contribution in [1.82, 2.24) is 0 Å². The van der Waals surface area contributed by atoms with E-state index in [0.29, 0.717) is 5.92 Å². The van der Waals surface area contributed by atoms with Gasteiger partial charge in [-0.25, -0.2) is 0 Å². The van der Waals surface area contributed by atoms with E-state index in [0.717, 1.165) is 21.9 Å². The molecule has 0 aromatic heterocycles. The number of hydrogen-bond donors (Lipinski definition) is 0. The van der Waals surface area contributed by atoms with Crippen LogP contribution in [0.4, 0.5) is 0 Å². The second kappa shape index (κ2) is 14.5. The van der Waals surface area contributed by atoms with Crippen molar-refractivity contribution in [3.63, 3.8) is 0 Å². The van der Waals surface area contributed by atoms with E-state index in [9.17, 15) is 4.79 Å². The number of aryl methyl sites for hydroxylation is 2. The van der Waals surface area contributed by atoms with E-state index in [1.807, 2.05) is 0 Å². The van der Waals surface area contributed by atoms with Crippen molar-refractivity contribution in [3.8, 4) is 0 Å². The summed E-state index contributed by atoms with van der Waals surface area (Å²) in [6.07, 6.45) is 4.77. The topological polar surface area (TPSA) is 40.9 Å². The summed E-state index contributed by atoms with van der Waals surface area (Å²) < 4.78 is 0. The molecule has 2 nitrogen and oxygen atoms in total. The van der Waals surface area contributed by atoms with Gasteiger partial charge in [0.15, 0.2) is 0 Å². The average molecular weight is 481 g/mol. The van der Waals surface area contributed by atoms with Crippen LogP contribution in [0.25, 0.3) is 5.73 Å². The van der Waals surface area contributed by atoms with Crippen LogP contribution in [0.15, 0.2) is 6.07 Å². The number of fused-ring (bicyclic) bond motifs is 2. The first-order valence-corrected chi connectivity index (χ1v) is 10.8. The van der Waals surface area contributed by atoms with Gasteiger partial charge in [-0.05, 0) is 31.1 Å². The molecule has 1 radical (unpaired) electrons. The predicted molar refractivity (Wildman–Crippen MR) is 98.1 cm³/mol. The van der Waals surface area contributed by atoms with Gasteiger partial charge in [0, 0.05) is 15.4 Å². The second-order valence-corrected chi connectivity index (χ2v) is 8.14. The molecule has 1 aromatic rings. The Morgan fingerprint density at radius 1 is 1.16 bits per heavy atom. The van der Waals surface area contributed by atoms with Crippen molar-refractivity contribution in [2.24, 2.45) is 17.8 Å². The number of rotatable bonds is 1. The Kier molecular flexibility index (Phi) is 17.6. The van der Waals surface area contributed by atoms with E-state index in [-0.39, 0.29) is 62.8 Å². The Labute approximate surface area is 188 Å². The molecule has 6 heteroatoms. The van der Waals surface area contributed by atoms with Crippen LogP contribution < -0.4 is 24.8 Å². The Morgan fingerprint density at radius 2 is 1.68 bits per heavy atom. The molecule has 141 valence electrons. The normalized spacial score (nSPS) is 22.1. The molecule has 0 aliphatic heterocycles. The molecule has 2 bridgehead atoms. The van der Waals surface area contributed by atoms with E-state index in [4.69, 9.17) is 5.73 Å². The zero-order valence-electron chi connectivity index (χ0n) is 16.4. The molecule has 2 fully saturated rings. The van der Waals surface area contributed by atoms with Gasteiger partial charge in [-0.15, -0.1) is 0 Å². The third kappa shape index (κ3) is 8.82. The summed E-state index contributed by atoms with van der Waals surface area (Å²) >= 11 is 0. The predicted octanol–water partition coefficient (Wildman–Crippen LogP) is -0.835. The van der Waals surface area contributed by atoms with Gasteiger partial charge >= 0.3 is 26.2 Å². The van der Waals surface area contributed by atoms with Gasteiger partial charge in [0.05, 0.1) is 5.91 Å². The van der Waals surface area contributed by atoms with Crippen molar-refractivity contribution in [1.29, 1.82) is 0 Å². The summed E-state index contributed by atoms with van der Waals surface area (Å²) in [7, 11) is 0.750.